The fraction of sp³-hybridized carbons (Fsp3) is 0.267. The maximum Gasteiger partial charge on any atom is 0.0991 e. The third-order valence-corrected chi connectivity index (χ3v) is 4.04. The van der Waals surface area contributed by atoms with Crippen LogP contribution in [0.4, 0.5) is 0 Å². The van der Waals surface area contributed by atoms with Gasteiger partial charge in [-0.1, -0.05) is 18.2 Å². The fourth-order valence-electron chi connectivity index (χ4n) is 1.97. The van der Waals surface area contributed by atoms with Gasteiger partial charge in [-0.2, -0.15) is 5.26 Å². The Morgan fingerprint density at radius 2 is 2.00 bits per heavy atom. The molecule has 0 saturated carbocycles. The first-order valence-corrected chi connectivity index (χ1v) is 6.88. The van der Waals surface area contributed by atoms with Crippen molar-refractivity contribution in [2.24, 2.45) is 0 Å². The molecule has 2 unspecified atom stereocenters. The number of rotatable bonds is 4. The molecule has 2 aromatic rings. The first-order chi connectivity index (χ1) is 8.70. The normalized spacial score (nSPS) is 13.8. The molecule has 18 heavy (non-hydrogen) atoms. The summed E-state index contributed by atoms with van der Waals surface area (Å²) >= 11 is 1.76. The molecule has 0 bridgehead atoms. The lowest BCUT2D eigenvalue weighted by atomic mass is 10.0. The summed E-state index contributed by atoms with van der Waals surface area (Å²) in [5.74, 6) is 0. The number of hydrogen-bond acceptors (Lipinski definition) is 3. The molecule has 1 N–H and O–H groups in total. The van der Waals surface area contributed by atoms with Crippen molar-refractivity contribution in [2.45, 2.75) is 25.9 Å². The smallest absolute Gasteiger partial charge is 0.0991 e. The van der Waals surface area contributed by atoms with Gasteiger partial charge in [0.05, 0.1) is 11.6 Å². The third-order valence-electron chi connectivity index (χ3n) is 2.99. The van der Waals surface area contributed by atoms with Crippen molar-refractivity contribution in [1.29, 1.82) is 5.26 Å². The second-order valence-electron chi connectivity index (χ2n) is 4.36. The molecule has 0 radical (unpaired) electrons. The Hall–Kier alpha value is -1.63. The molecule has 0 saturated heterocycles. The molecular weight excluding hydrogens is 240 g/mol. The average Bonchev–Trinajstić information content (AvgIpc) is 2.92. The zero-order chi connectivity index (χ0) is 13.0. The molecule has 3 heteroatoms. The standard InChI is InChI=1S/C15H16N2S/c1-11(14-6-3-5-13(9-14)10-16)17-12(2)15-7-4-8-18-15/h3-9,11-12,17H,1-2H3. The van der Waals surface area contributed by atoms with Crippen LogP contribution in [0, 0.1) is 11.3 Å². The molecule has 0 spiro atoms. The van der Waals surface area contributed by atoms with Crippen LogP contribution in [0.2, 0.25) is 0 Å². The summed E-state index contributed by atoms with van der Waals surface area (Å²) < 4.78 is 0. The van der Waals surface area contributed by atoms with E-state index in [2.05, 4.69) is 48.8 Å². The summed E-state index contributed by atoms with van der Waals surface area (Å²) in [6.07, 6.45) is 0. The number of nitriles is 1. The van der Waals surface area contributed by atoms with Crippen LogP contribution in [0.25, 0.3) is 0 Å². The van der Waals surface area contributed by atoms with Crippen LogP contribution >= 0.6 is 11.3 Å². The highest BCUT2D eigenvalue weighted by Gasteiger charge is 2.11. The second kappa shape index (κ2) is 5.81. The van der Waals surface area contributed by atoms with Gasteiger partial charge in [-0.05, 0) is 43.0 Å². The Kier molecular flexibility index (Phi) is 4.14. The molecule has 92 valence electrons. The van der Waals surface area contributed by atoms with Crippen LogP contribution in [-0.4, -0.2) is 0 Å². The van der Waals surface area contributed by atoms with E-state index in [1.807, 2.05) is 18.2 Å². The Balaban J connectivity index is 2.07. The molecule has 0 aliphatic rings. The van der Waals surface area contributed by atoms with Gasteiger partial charge in [-0.15, -0.1) is 11.3 Å². The SMILES string of the molecule is CC(NC(C)c1cccs1)c1cccc(C#N)c1. The van der Waals surface area contributed by atoms with Crippen LogP contribution < -0.4 is 5.32 Å². The van der Waals surface area contributed by atoms with Crippen molar-refractivity contribution >= 4 is 11.3 Å². The van der Waals surface area contributed by atoms with Crippen molar-refractivity contribution in [2.75, 3.05) is 0 Å². The van der Waals surface area contributed by atoms with E-state index >= 15 is 0 Å². The van der Waals surface area contributed by atoms with Crippen LogP contribution in [0.5, 0.6) is 0 Å². The van der Waals surface area contributed by atoms with Crippen LogP contribution in [0.15, 0.2) is 41.8 Å². The van der Waals surface area contributed by atoms with Gasteiger partial charge in [-0.25, -0.2) is 0 Å². The van der Waals surface area contributed by atoms with E-state index in [1.165, 1.54) is 4.88 Å². The summed E-state index contributed by atoms with van der Waals surface area (Å²) in [4.78, 5) is 1.33. The molecule has 0 aliphatic carbocycles. The highest BCUT2D eigenvalue weighted by molar-refractivity contribution is 7.10. The van der Waals surface area contributed by atoms with Crippen molar-refractivity contribution in [3.05, 3.63) is 57.8 Å². The van der Waals surface area contributed by atoms with E-state index in [1.54, 1.807) is 11.3 Å². The minimum Gasteiger partial charge on any atom is -0.303 e. The number of hydrogen-bond donors (Lipinski definition) is 1. The Bertz CT molecular complexity index is 540. The predicted molar refractivity (Wildman–Crippen MR) is 75.4 cm³/mol. The quantitative estimate of drug-likeness (QED) is 0.896. The number of nitrogens with zero attached hydrogens (tertiary/aromatic N) is 1. The number of thiophene rings is 1. The van der Waals surface area contributed by atoms with Gasteiger partial charge in [0.15, 0.2) is 0 Å². The van der Waals surface area contributed by atoms with Crippen LogP contribution in [-0.2, 0) is 0 Å². The molecule has 0 amide bonds. The van der Waals surface area contributed by atoms with Crippen molar-refractivity contribution < 1.29 is 0 Å². The summed E-state index contributed by atoms with van der Waals surface area (Å²) in [5.41, 5.74) is 1.86. The molecule has 0 fully saturated rings. The molecule has 1 aromatic carbocycles. The molecule has 2 atom stereocenters. The van der Waals surface area contributed by atoms with Gasteiger partial charge in [-0.3, -0.25) is 0 Å². The predicted octanol–water partition coefficient (Wildman–Crippen LogP) is 4.03. The van der Waals surface area contributed by atoms with Gasteiger partial charge in [0.2, 0.25) is 0 Å². The summed E-state index contributed by atoms with van der Waals surface area (Å²) in [7, 11) is 0. The molecule has 2 rings (SSSR count). The first kappa shape index (κ1) is 12.8. The van der Waals surface area contributed by atoms with Crippen LogP contribution in [0.3, 0.4) is 0 Å². The summed E-state index contributed by atoms with van der Waals surface area (Å²) in [6, 6.07) is 14.7. The highest BCUT2D eigenvalue weighted by Crippen LogP contribution is 2.22. The lowest BCUT2D eigenvalue weighted by Gasteiger charge is -2.19. The minimum atomic E-state index is 0.232. The molecule has 2 nitrogen and oxygen atoms in total. The fourth-order valence-corrected chi connectivity index (χ4v) is 2.71. The second-order valence-corrected chi connectivity index (χ2v) is 5.34. The number of nitrogens with one attached hydrogen (secondary N) is 1. The zero-order valence-corrected chi connectivity index (χ0v) is 11.4. The van der Waals surface area contributed by atoms with E-state index in [0.717, 1.165) is 5.56 Å². The lowest BCUT2D eigenvalue weighted by molar-refractivity contribution is 0.500. The van der Waals surface area contributed by atoms with Gasteiger partial charge in [0.25, 0.3) is 0 Å². The Labute approximate surface area is 112 Å². The van der Waals surface area contributed by atoms with E-state index in [-0.39, 0.29) is 6.04 Å². The molecule has 0 aliphatic heterocycles. The molecule has 1 aromatic heterocycles. The zero-order valence-electron chi connectivity index (χ0n) is 10.6. The Morgan fingerprint density at radius 3 is 2.67 bits per heavy atom. The maximum atomic E-state index is 8.91. The highest BCUT2D eigenvalue weighted by atomic mass is 32.1. The van der Waals surface area contributed by atoms with Crippen molar-refractivity contribution in [3.63, 3.8) is 0 Å². The third kappa shape index (κ3) is 2.98. The topological polar surface area (TPSA) is 35.8 Å². The van der Waals surface area contributed by atoms with Crippen molar-refractivity contribution in [1.82, 2.24) is 5.32 Å². The average molecular weight is 256 g/mol. The molecular formula is C15H16N2S. The van der Waals surface area contributed by atoms with Gasteiger partial charge in [0, 0.05) is 17.0 Å². The molecule has 1 heterocycles. The van der Waals surface area contributed by atoms with E-state index in [4.69, 9.17) is 5.26 Å². The van der Waals surface area contributed by atoms with E-state index in [9.17, 15) is 0 Å². The number of benzene rings is 1. The largest absolute Gasteiger partial charge is 0.303 e. The summed E-state index contributed by atoms with van der Waals surface area (Å²) in [5, 5.41) is 14.5. The maximum absolute atomic E-state index is 8.91. The first-order valence-electron chi connectivity index (χ1n) is 6.00. The lowest BCUT2D eigenvalue weighted by Crippen LogP contribution is -2.21. The monoisotopic (exact) mass is 256 g/mol. The minimum absolute atomic E-state index is 0.232. The van der Waals surface area contributed by atoms with Crippen molar-refractivity contribution in [3.8, 4) is 6.07 Å². The summed E-state index contributed by atoms with van der Waals surface area (Å²) in [6.45, 7) is 4.29. The van der Waals surface area contributed by atoms with E-state index < -0.39 is 0 Å². The Morgan fingerprint density at radius 1 is 1.17 bits per heavy atom. The van der Waals surface area contributed by atoms with Crippen LogP contribution in [0.1, 0.15) is 41.9 Å². The van der Waals surface area contributed by atoms with Gasteiger partial charge >= 0.3 is 0 Å². The van der Waals surface area contributed by atoms with Gasteiger partial charge < -0.3 is 5.32 Å². The van der Waals surface area contributed by atoms with E-state index in [0.29, 0.717) is 11.6 Å². The van der Waals surface area contributed by atoms with Gasteiger partial charge in [0.1, 0.15) is 0 Å².